The fraction of sp³-hybridized carbons (Fsp3) is 0.0909. The van der Waals surface area contributed by atoms with Crippen LogP contribution in [0.1, 0.15) is 21.5 Å². The lowest BCUT2D eigenvalue weighted by molar-refractivity contribution is 0.0697. The van der Waals surface area contributed by atoms with Crippen LogP contribution in [-0.4, -0.2) is 24.4 Å². The van der Waals surface area contributed by atoms with Crippen molar-refractivity contribution in [1.29, 1.82) is 0 Å². The van der Waals surface area contributed by atoms with Gasteiger partial charge < -0.3 is 14.6 Å². The van der Waals surface area contributed by atoms with E-state index in [-0.39, 0.29) is 12.2 Å². The fourth-order valence-corrected chi connectivity index (χ4v) is 3.04. The smallest absolute Gasteiger partial charge is 0.335 e. The van der Waals surface area contributed by atoms with Gasteiger partial charge in [-0.1, -0.05) is 35.3 Å². The molecule has 3 aromatic rings. The van der Waals surface area contributed by atoms with Crippen molar-refractivity contribution < 1.29 is 19.4 Å². The molecule has 0 aliphatic heterocycles. The molecule has 0 radical (unpaired) electrons. The van der Waals surface area contributed by atoms with Crippen molar-refractivity contribution in [2.45, 2.75) is 6.61 Å². The van der Waals surface area contributed by atoms with Crippen LogP contribution in [0.3, 0.4) is 0 Å². The normalized spacial score (nSPS) is 10.8. The Morgan fingerprint density at radius 3 is 2.67 bits per heavy atom. The number of carboxylic acid groups (broad SMARTS) is 1. The summed E-state index contributed by atoms with van der Waals surface area (Å²) in [5, 5.41) is 14.3. The van der Waals surface area contributed by atoms with E-state index in [1.165, 1.54) is 12.1 Å². The molecule has 0 aliphatic rings. The standard InChI is InChI=1S/C22H18Cl2N2O4/c1-29-21-9-14(12-25-26-18-4-2-3-15(10-18)22(27)28)5-8-20(21)30-13-16-6-7-17(23)11-19(16)24/h2-12,26H,13H2,1H3,(H,27,28). The summed E-state index contributed by atoms with van der Waals surface area (Å²) >= 11 is 12.1. The summed E-state index contributed by atoms with van der Waals surface area (Å²) in [6.07, 6.45) is 1.59. The van der Waals surface area contributed by atoms with E-state index >= 15 is 0 Å². The first kappa shape index (κ1) is 21.5. The van der Waals surface area contributed by atoms with Crippen LogP contribution in [0.25, 0.3) is 0 Å². The number of carbonyl (C=O) groups is 1. The number of aromatic carboxylic acids is 1. The summed E-state index contributed by atoms with van der Waals surface area (Å²) in [4.78, 5) is 11.0. The summed E-state index contributed by atoms with van der Waals surface area (Å²) in [5.74, 6) is 0.0996. The molecular formula is C22H18Cl2N2O4. The van der Waals surface area contributed by atoms with Gasteiger partial charge in [0.2, 0.25) is 0 Å². The monoisotopic (exact) mass is 444 g/mol. The van der Waals surface area contributed by atoms with Crippen molar-refractivity contribution >= 4 is 41.1 Å². The van der Waals surface area contributed by atoms with Crippen molar-refractivity contribution in [2.75, 3.05) is 12.5 Å². The number of anilines is 1. The highest BCUT2D eigenvalue weighted by atomic mass is 35.5. The summed E-state index contributed by atoms with van der Waals surface area (Å²) in [6.45, 7) is 0.265. The molecule has 0 aromatic heterocycles. The molecule has 0 aliphatic carbocycles. The van der Waals surface area contributed by atoms with Gasteiger partial charge in [-0.15, -0.1) is 0 Å². The van der Waals surface area contributed by atoms with Gasteiger partial charge in [-0.3, -0.25) is 5.43 Å². The average molecular weight is 445 g/mol. The molecule has 154 valence electrons. The molecule has 0 heterocycles. The maximum absolute atomic E-state index is 11.0. The zero-order valence-corrected chi connectivity index (χ0v) is 17.4. The van der Waals surface area contributed by atoms with Crippen molar-refractivity contribution in [1.82, 2.24) is 0 Å². The minimum atomic E-state index is -0.997. The first-order valence-corrected chi connectivity index (χ1v) is 9.59. The predicted octanol–water partition coefficient (Wildman–Crippen LogP) is 5.73. The number of halogens is 2. The zero-order valence-electron chi connectivity index (χ0n) is 15.9. The summed E-state index contributed by atoms with van der Waals surface area (Å²) < 4.78 is 11.2. The molecule has 0 saturated heterocycles. The van der Waals surface area contributed by atoms with Crippen molar-refractivity contribution in [2.24, 2.45) is 5.10 Å². The Morgan fingerprint density at radius 2 is 1.93 bits per heavy atom. The maximum Gasteiger partial charge on any atom is 0.335 e. The van der Waals surface area contributed by atoms with Gasteiger partial charge >= 0.3 is 5.97 Å². The van der Waals surface area contributed by atoms with Crippen LogP contribution in [0.15, 0.2) is 65.8 Å². The van der Waals surface area contributed by atoms with Crippen LogP contribution in [0.5, 0.6) is 11.5 Å². The Morgan fingerprint density at radius 1 is 1.10 bits per heavy atom. The molecule has 2 N–H and O–H groups in total. The molecule has 6 nitrogen and oxygen atoms in total. The number of nitrogens with one attached hydrogen (secondary N) is 1. The number of benzene rings is 3. The van der Waals surface area contributed by atoms with Gasteiger partial charge in [0, 0.05) is 15.6 Å². The number of hydrogen-bond acceptors (Lipinski definition) is 5. The second-order valence-electron chi connectivity index (χ2n) is 6.19. The van der Waals surface area contributed by atoms with E-state index in [2.05, 4.69) is 10.5 Å². The third-order valence-corrected chi connectivity index (χ3v) is 4.69. The SMILES string of the molecule is COc1cc(C=NNc2cccc(C(=O)O)c2)ccc1OCc1ccc(Cl)cc1Cl. The van der Waals surface area contributed by atoms with Crippen LogP contribution in [0.2, 0.25) is 10.0 Å². The van der Waals surface area contributed by atoms with Crippen LogP contribution >= 0.6 is 23.2 Å². The Labute approximate surface area is 183 Å². The van der Waals surface area contributed by atoms with Gasteiger partial charge in [0.25, 0.3) is 0 Å². The topological polar surface area (TPSA) is 80.2 Å². The molecule has 8 heteroatoms. The number of ether oxygens (including phenoxy) is 2. The number of rotatable bonds is 8. The van der Waals surface area contributed by atoms with Gasteiger partial charge in [0.1, 0.15) is 6.61 Å². The van der Waals surface area contributed by atoms with E-state index in [0.29, 0.717) is 27.2 Å². The van der Waals surface area contributed by atoms with Crippen molar-refractivity contribution in [3.8, 4) is 11.5 Å². The first-order valence-electron chi connectivity index (χ1n) is 8.83. The van der Waals surface area contributed by atoms with Crippen molar-refractivity contribution in [3.05, 3.63) is 87.4 Å². The number of methoxy groups -OCH3 is 1. The first-order chi connectivity index (χ1) is 14.5. The van der Waals surface area contributed by atoms with E-state index in [1.54, 1.807) is 49.7 Å². The minimum absolute atomic E-state index is 0.180. The third kappa shape index (κ3) is 5.65. The lowest BCUT2D eigenvalue weighted by Gasteiger charge is -2.12. The Hall–Kier alpha value is -3.22. The van der Waals surface area contributed by atoms with E-state index < -0.39 is 5.97 Å². The molecule has 3 aromatic carbocycles. The highest BCUT2D eigenvalue weighted by Gasteiger charge is 2.08. The number of hydrazone groups is 1. The Bertz CT molecular complexity index is 1090. The molecule has 30 heavy (non-hydrogen) atoms. The quantitative estimate of drug-likeness (QED) is 0.342. The van der Waals surface area contributed by atoms with Crippen LogP contribution in [0.4, 0.5) is 5.69 Å². The second kappa shape index (κ2) is 10.0. The lowest BCUT2D eigenvalue weighted by atomic mass is 10.2. The van der Waals surface area contributed by atoms with Crippen LogP contribution in [0, 0.1) is 0 Å². The van der Waals surface area contributed by atoms with Crippen LogP contribution in [-0.2, 0) is 6.61 Å². The van der Waals surface area contributed by atoms with E-state index in [0.717, 1.165) is 11.1 Å². The molecule has 0 unspecified atom stereocenters. The third-order valence-electron chi connectivity index (χ3n) is 4.10. The van der Waals surface area contributed by atoms with E-state index in [9.17, 15) is 4.79 Å². The van der Waals surface area contributed by atoms with Gasteiger partial charge in [-0.05, 0) is 54.1 Å². The Kier molecular flexibility index (Phi) is 7.17. The maximum atomic E-state index is 11.0. The predicted molar refractivity (Wildman–Crippen MR) is 118 cm³/mol. The molecule has 0 atom stereocenters. The molecule has 0 bridgehead atoms. The fourth-order valence-electron chi connectivity index (χ4n) is 2.58. The lowest BCUT2D eigenvalue weighted by Crippen LogP contribution is -1.99. The largest absolute Gasteiger partial charge is 0.493 e. The van der Waals surface area contributed by atoms with Crippen molar-refractivity contribution in [3.63, 3.8) is 0 Å². The number of nitrogens with zero attached hydrogens (tertiary/aromatic N) is 1. The molecule has 0 saturated carbocycles. The van der Waals surface area contributed by atoms with E-state index in [4.69, 9.17) is 37.8 Å². The molecule has 0 fully saturated rings. The van der Waals surface area contributed by atoms with E-state index in [1.807, 2.05) is 12.1 Å². The number of hydrogen-bond donors (Lipinski definition) is 2. The molecule has 0 spiro atoms. The molecular weight excluding hydrogens is 427 g/mol. The molecule has 0 amide bonds. The van der Waals surface area contributed by atoms with Gasteiger partial charge in [0.15, 0.2) is 11.5 Å². The summed E-state index contributed by atoms with van der Waals surface area (Å²) in [6, 6.07) is 17.0. The van der Waals surface area contributed by atoms with Gasteiger partial charge in [-0.2, -0.15) is 5.10 Å². The van der Waals surface area contributed by atoms with Gasteiger partial charge in [-0.25, -0.2) is 4.79 Å². The van der Waals surface area contributed by atoms with Gasteiger partial charge in [0.05, 0.1) is 24.6 Å². The Balaban J connectivity index is 1.67. The second-order valence-corrected chi connectivity index (χ2v) is 7.03. The van der Waals surface area contributed by atoms with Crippen LogP contribution < -0.4 is 14.9 Å². The summed E-state index contributed by atoms with van der Waals surface area (Å²) in [5.41, 5.74) is 5.13. The number of carboxylic acids is 1. The highest BCUT2D eigenvalue weighted by molar-refractivity contribution is 6.35. The minimum Gasteiger partial charge on any atom is -0.493 e. The average Bonchev–Trinajstić information content (AvgIpc) is 2.74. The molecule has 3 rings (SSSR count). The summed E-state index contributed by atoms with van der Waals surface area (Å²) in [7, 11) is 1.55. The zero-order chi connectivity index (χ0) is 21.5. The highest BCUT2D eigenvalue weighted by Crippen LogP contribution is 2.30.